The fourth-order valence-electron chi connectivity index (χ4n) is 1.47. The van der Waals surface area contributed by atoms with Crippen LogP contribution in [0, 0.1) is 0 Å². The molecular formula is C8H17O5PS2. The van der Waals surface area contributed by atoms with Gasteiger partial charge in [-0.25, -0.2) is 0 Å². The standard InChI is InChI=1S/C8H17O5PS2/c1-3-12-14(9,13-4-2)8-15(10)6-5-7-16(8)11/h8H,3-7H2,1-2H3/t15-,16-/m0/s1. The molecule has 96 valence electrons. The molecule has 0 radical (unpaired) electrons. The second-order valence-corrected chi connectivity index (χ2v) is 9.60. The molecule has 1 saturated heterocycles. The predicted molar refractivity (Wildman–Crippen MR) is 65.3 cm³/mol. The Kier molecular flexibility index (Phi) is 5.81. The van der Waals surface area contributed by atoms with Crippen molar-refractivity contribution >= 4 is 29.2 Å². The molecule has 1 rings (SSSR count). The summed E-state index contributed by atoms with van der Waals surface area (Å²) < 4.78 is 45.2. The summed E-state index contributed by atoms with van der Waals surface area (Å²) >= 11 is 0. The Labute approximate surface area is 101 Å². The van der Waals surface area contributed by atoms with Gasteiger partial charge in [-0.1, -0.05) is 0 Å². The summed E-state index contributed by atoms with van der Waals surface area (Å²) in [6.07, 6.45) is 0.633. The predicted octanol–water partition coefficient (Wildman–Crippen LogP) is 1.44. The highest BCUT2D eigenvalue weighted by Crippen LogP contribution is 2.56. The topological polar surface area (TPSA) is 69.7 Å². The minimum Gasteiger partial charge on any atom is -0.307 e. The number of hydrogen-bond donors (Lipinski definition) is 0. The zero-order valence-electron chi connectivity index (χ0n) is 9.42. The second-order valence-electron chi connectivity index (χ2n) is 3.21. The van der Waals surface area contributed by atoms with Crippen LogP contribution in [0.15, 0.2) is 0 Å². The molecular weight excluding hydrogens is 271 g/mol. The van der Waals surface area contributed by atoms with Crippen molar-refractivity contribution in [1.82, 2.24) is 0 Å². The van der Waals surface area contributed by atoms with Crippen LogP contribution in [0.3, 0.4) is 0 Å². The van der Waals surface area contributed by atoms with Crippen molar-refractivity contribution in [1.29, 1.82) is 0 Å². The molecule has 0 aromatic rings. The van der Waals surface area contributed by atoms with Crippen LogP contribution in [-0.4, -0.2) is 37.5 Å². The Morgan fingerprint density at radius 3 is 1.94 bits per heavy atom. The molecule has 0 bridgehead atoms. The average Bonchev–Trinajstić information content (AvgIpc) is 2.17. The monoisotopic (exact) mass is 288 g/mol. The molecule has 0 aliphatic carbocycles. The number of rotatable bonds is 5. The van der Waals surface area contributed by atoms with E-state index in [0.29, 0.717) is 17.9 Å². The lowest BCUT2D eigenvalue weighted by atomic mass is 10.6. The molecule has 0 saturated carbocycles. The summed E-state index contributed by atoms with van der Waals surface area (Å²) in [7, 11) is -6.29. The molecule has 0 unspecified atom stereocenters. The maximum absolute atomic E-state index is 12.4. The Balaban J connectivity index is 2.95. The third kappa shape index (κ3) is 3.23. The first-order valence-corrected chi connectivity index (χ1v) is 9.56. The van der Waals surface area contributed by atoms with E-state index in [2.05, 4.69) is 0 Å². The van der Waals surface area contributed by atoms with Crippen molar-refractivity contribution in [2.45, 2.75) is 24.6 Å². The SMILES string of the molecule is CCOP(=O)(OCC)C1[S@@](=O)CCC[S@@]1=O. The van der Waals surface area contributed by atoms with Crippen LogP contribution in [0.4, 0.5) is 0 Å². The molecule has 1 aliphatic rings. The van der Waals surface area contributed by atoms with E-state index in [9.17, 15) is 13.0 Å². The Hall–Kier alpha value is 0.450. The summed E-state index contributed by atoms with van der Waals surface area (Å²) in [5.74, 6) is 0.834. The van der Waals surface area contributed by atoms with Crippen LogP contribution in [0.1, 0.15) is 20.3 Å². The molecule has 1 heterocycles. The Bertz CT molecular complexity index is 306. The zero-order chi connectivity index (χ0) is 12.2. The third-order valence-electron chi connectivity index (χ3n) is 2.02. The van der Waals surface area contributed by atoms with E-state index in [-0.39, 0.29) is 13.2 Å². The highest BCUT2D eigenvalue weighted by Gasteiger charge is 2.46. The zero-order valence-corrected chi connectivity index (χ0v) is 11.9. The third-order valence-corrected chi connectivity index (χ3v) is 10.3. The van der Waals surface area contributed by atoms with Crippen LogP contribution in [0.25, 0.3) is 0 Å². The highest BCUT2D eigenvalue weighted by molar-refractivity contribution is 8.12. The van der Waals surface area contributed by atoms with Crippen molar-refractivity contribution in [3.05, 3.63) is 0 Å². The first-order chi connectivity index (χ1) is 7.55. The van der Waals surface area contributed by atoms with E-state index in [4.69, 9.17) is 9.05 Å². The van der Waals surface area contributed by atoms with Gasteiger partial charge in [-0.2, -0.15) is 0 Å². The maximum Gasteiger partial charge on any atom is 0.358 e. The van der Waals surface area contributed by atoms with Crippen LogP contribution in [0.2, 0.25) is 0 Å². The van der Waals surface area contributed by atoms with Gasteiger partial charge in [0.15, 0.2) is 0 Å². The van der Waals surface area contributed by atoms with Crippen molar-refractivity contribution in [2.24, 2.45) is 0 Å². The van der Waals surface area contributed by atoms with E-state index >= 15 is 0 Å². The Morgan fingerprint density at radius 2 is 1.56 bits per heavy atom. The van der Waals surface area contributed by atoms with E-state index in [1.54, 1.807) is 13.8 Å². The van der Waals surface area contributed by atoms with E-state index < -0.39 is 33.5 Å². The second kappa shape index (κ2) is 6.40. The molecule has 0 aromatic heterocycles. The summed E-state index contributed by atoms with van der Waals surface area (Å²) in [6, 6.07) is 0. The van der Waals surface area contributed by atoms with Crippen molar-refractivity contribution in [3.8, 4) is 0 Å². The summed E-state index contributed by atoms with van der Waals surface area (Å²) in [4.78, 5) is 0. The van der Waals surface area contributed by atoms with Gasteiger partial charge in [0.05, 0.1) is 13.2 Å². The van der Waals surface area contributed by atoms with E-state index in [1.807, 2.05) is 0 Å². The minimum absolute atomic E-state index is 0.197. The van der Waals surface area contributed by atoms with Crippen LogP contribution >= 0.6 is 7.60 Å². The van der Waals surface area contributed by atoms with Gasteiger partial charge in [0.25, 0.3) is 0 Å². The van der Waals surface area contributed by atoms with Gasteiger partial charge < -0.3 is 9.05 Å². The highest BCUT2D eigenvalue weighted by atomic mass is 32.3. The fourth-order valence-corrected chi connectivity index (χ4v) is 9.15. The molecule has 5 nitrogen and oxygen atoms in total. The van der Waals surface area contributed by atoms with Gasteiger partial charge >= 0.3 is 7.60 Å². The molecule has 16 heavy (non-hydrogen) atoms. The average molecular weight is 288 g/mol. The fraction of sp³-hybridized carbons (Fsp3) is 1.00. The quantitative estimate of drug-likeness (QED) is 0.716. The van der Waals surface area contributed by atoms with Crippen LogP contribution < -0.4 is 0 Å². The first kappa shape index (κ1) is 14.5. The lowest BCUT2D eigenvalue weighted by Gasteiger charge is -2.27. The van der Waals surface area contributed by atoms with Gasteiger partial charge in [-0.3, -0.25) is 13.0 Å². The molecule has 2 atom stereocenters. The lowest BCUT2D eigenvalue weighted by Crippen LogP contribution is -2.32. The molecule has 1 fully saturated rings. The first-order valence-electron chi connectivity index (χ1n) is 5.18. The number of hydrogen-bond acceptors (Lipinski definition) is 5. The van der Waals surface area contributed by atoms with Gasteiger partial charge in [0, 0.05) is 33.1 Å². The molecule has 1 aliphatic heterocycles. The largest absolute Gasteiger partial charge is 0.358 e. The summed E-state index contributed by atoms with van der Waals surface area (Å²) in [5.41, 5.74) is 0. The maximum atomic E-state index is 12.4. The van der Waals surface area contributed by atoms with Gasteiger partial charge in [0.2, 0.25) is 4.32 Å². The smallest absolute Gasteiger partial charge is 0.307 e. The Morgan fingerprint density at radius 1 is 1.12 bits per heavy atom. The van der Waals surface area contributed by atoms with Crippen LogP contribution in [0.5, 0.6) is 0 Å². The van der Waals surface area contributed by atoms with Gasteiger partial charge in [-0.05, 0) is 20.3 Å². The van der Waals surface area contributed by atoms with Crippen LogP contribution in [-0.2, 0) is 35.2 Å². The molecule has 0 aromatic carbocycles. The van der Waals surface area contributed by atoms with Gasteiger partial charge in [-0.15, -0.1) is 0 Å². The molecule has 0 N–H and O–H groups in total. The molecule has 8 heteroatoms. The van der Waals surface area contributed by atoms with Crippen molar-refractivity contribution in [3.63, 3.8) is 0 Å². The van der Waals surface area contributed by atoms with E-state index in [0.717, 1.165) is 0 Å². The summed E-state index contributed by atoms with van der Waals surface area (Å²) in [5, 5.41) is 0. The van der Waals surface area contributed by atoms with Gasteiger partial charge in [0.1, 0.15) is 0 Å². The lowest BCUT2D eigenvalue weighted by molar-refractivity contribution is 0.222. The van der Waals surface area contributed by atoms with E-state index in [1.165, 1.54) is 0 Å². The van der Waals surface area contributed by atoms with Crippen molar-refractivity contribution < 1.29 is 22.0 Å². The minimum atomic E-state index is -3.51. The normalized spacial score (nSPS) is 28.1. The van der Waals surface area contributed by atoms with Crippen molar-refractivity contribution in [2.75, 3.05) is 24.7 Å². The molecule has 0 amide bonds. The molecule has 0 spiro atoms. The summed E-state index contributed by atoms with van der Waals surface area (Å²) in [6.45, 7) is 3.75.